The standard InChI is InChI=1S/C29H34F3N3O5S/c1-17-2-4-18(5-3-17)26(37)35(19-6-8-20(9-7-19)40-24(34)11-10-23(33)36)22-16-21(41-25(22)27(38)39)12-13-28(14-15-28)29(30,31)32/h10-11,16-20,34H,2-9,14-15H2,1H3,(H2,33,36)(H,38,39)/b11-10-,34-24?. The third kappa shape index (κ3) is 7.31. The Kier molecular flexibility index (Phi) is 9.16. The number of nitrogens with zero attached hydrogens (tertiary/aromatic N) is 1. The summed E-state index contributed by atoms with van der Waals surface area (Å²) in [5.74, 6) is 2.77. The van der Waals surface area contributed by atoms with Crippen molar-refractivity contribution in [3.8, 4) is 11.8 Å². The number of primary amides is 1. The molecule has 0 atom stereocenters. The molecule has 8 nitrogen and oxygen atoms in total. The van der Waals surface area contributed by atoms with Gasteiger partial charge in [0.1, 0.15) is 16.4 Å². The lowest BCUT2D eigenvalue weighted by Gasteiger charge is -2.39. The van der Waals surface area contributed by atoms with Crippen molar-refractivity contribution in [2.45, 2.75) is 89.5 Å². The van der Waals surface area contributed by atoms with Crippen LogP contribution < -0.4 is 10.6 Å². The van der Waals surface area contributed by atoms with Crippen LogP contribution in [0.15, 0.2) is 18.2 Å². The van der Waals surface area contributed by atoms with Gasteiger partial charge in [-0.05, 0) is 76.2 Å². The van der Waals surface area contributed by atoms with Gasteiger partial charge in [0, 0.05) is 24.1 Å². The number of alkyl halides is 3. The molecule has 41 heavy (non-hydrogen) atoms. The van der Waals surface area contributed by atoms with Gasteiger partial charge in [0.05, 0.1) is 10.6 Å². The molecule has 222 valence electrons. The van der Waals surface area contributed by atoms with Crippen molar-refractivity contribution in [1.82, 2.24) is 0 Å². The molecule has 0 aliphatic heterocycles. The number of anilines is 1. The molecule has 0 unspecified atom stereocenters. The number of carbonyl (C=O) groups excluding carboxylic acids is 2. The number of carboxylic acids is 1. The molecule has 0 bridgehead atoms. The zero-order chi connectivity index (χ0) is 29.9. The van der Waals surface area contributed by atoms with Gasteiger partial charge in [0.2, 0.25) is 17.7 Å². The Morgan fingerprint density at radius 2 is 1.76 bits per heavy atom. The first-order chi connectivity index (χ1) is 19.3. The normalized spacial score (nSPS) is 25.6. The summed E-state index contributed by atoms with van der Waals surface area (Å²) in [7, 11) is 0. The van der Waals surface area contributed by atoms with Crippen LogP contribution in [0.5, 0.6) is 0 Å². The molecule has 12 heteroatoms. The maximum absolute atomic E-state index is 14.0. The summed E-state index contributed by atoms with van der Waals surface area (Å²) in [6, 6.07) is 1.10. The Morgan fingerprint density at radius 1 is 1.12 bits per heavy atom. The van der Waals surface area contributed by atoms with Crippen molar-refractivity contribution in [2.75, 3.05) is 4.90 Å². The summed E-state index contributed by atoms with van der Waals surface area (Å²) in [4.78, 5) is 38.8. The third-order valence-corrected chi connectivity index (χ3v) is 9.22. The minimum absolute atomic E-state index is 0.0840. The minimum Gasteiger partial charge on any atom is -0.477 e. The second-order valence-electron chi connectivity index (χ2n) is 11.3. The first-order valence-corrected chi connectivity index (χ1v) is 14.6. The molecule has 3 fully saturated rings. The van der Waals surface area contributed by atoms with E-state index in [0.717, 1.165) is 30.3 Å². The third-order valence-electron chi connectivity index (χ3n) is 8.19. The van der Waals surface area contributed by atoms with Crippen LogP contribution in [-0.4, -0.2) is 47.1 Å². The van der Waals surface area contributed by atoms with Gasteiger partial charge in [-0.15, -0.1) is 11.3 Å². The van der Waals surface area contributed by atoms with Crippen LogP contribution in [0.4, 0.5) is 18.9 Å². The Balaban J connectivity index is 1.60. The number of amides is 2. The number of aromatic carboxylic acids is 1. The lowest BCUT2D eigenvalue weighted by Crippen LogP contribution is -2.47. The van der Waals surface area contributed by atoms with Gasteiger partial charge >= 0.3 is 12.1 Å². The Hall–Kier alpha value is -3.33. The van der Waals surface area contributed by atoms with Gasteiger partial charge in [-0.2, -0.15) is 13.2 Å². The highest BCUT2D eigenvalue weighted by atomic mass is 32.1. The van der Waals surface area contributed by atoms with E-state index >= 15 is 0 Å². The van der Waals surface area contributed by atoms with Crippen molar-refractivity contribution < 1.29 is 37.4 Å². The number of carboxylic acid groups (broad SMARTS) is 1. The van der Waals surface area contributed by atoms with E-state index in [9.17, 15) is 32.7 Å². The molecule has 1 aromatic rings. The lowest BCUT2D eigenvalue weighted by atomic mass is 9.81. The first-order valence-electron chi connectivity index (χ1n) is 13.8. The second-order valence-corrected chi connectivity index (χ2v) is 12.3. The molecule has 0 aromatic carbocycles. The quantitative estimate of drug-likeness (QED) is 0.163. The van der Waals surface area contributed by atoms with E-state index in [4.69, 9.17) is 15.9 Å². The molecule has 0 spiro atoms. The summed E-state index contributed by atoms with van der Waals surface area (Å²) in [5.41, 5.74) is 3.19. The highest BCUT2D eigenvalue weighted by Gasteiger charge is 2.62. The van der Waals surface area contributed by atoms with Crippen LogP contribution in [0.25, 0.3) is 0 Å². The van der Waals surface area contributed by atoms with Crippen molar-refractivity contribution in [2.24, 2.45) is 23.0 Å². The van der Waals surface area contributed by atoms with Crippen molar-refractivity contribution in [3.05, 3.63) is 28.0 Å². The maximum atomic E-state index is 14.0. The Morgan fingerprint density at radius 3 is 2.29 bits per heavy atom. The number of thiophene rings is 1. The molecule has 3 aliphatic rings. The van der Waals surface area contributed by atoms with Crippen LogP contribution in [0, 0.1) is 34.5 Å². The van der Waals surface area contributed by atoms with Crippen LogP contribution in [0.3, 0.4) is 0 Å². The minimum atomic E-state index is -4.46. The van der Waals surface area contributed by atoms with Gasteiger partial charge in [0.15, 0.2) is 0 Å². The van der Waals surface area contributed by atoms with Gasteiger partial charge in [-0.3, -0.25) is 15.0 Å². The number of carbonyl (C=O) groups is 3. The zero-order valence-electron chi connectivity index (χ0n) is 22.8. The van der Waals surface area contributed by atoms with Crippen molar-refractivity contribution in [3.63, 3.8) is 0 Å². The molecule has 1 aromatic heterocycles. The van der Waals surface area contributed by atoms with Gasteiger partial charge < -0.3 is 20.5 Å². The van der Waals surface area contributed by atoms with Crippen molar-refractivity contribution in [1.29, 1.82) is 5.41 Å². The van der Waals surface area contributed by atoms with E-state index in [0.29, 0.717) is 44.4 Å². The van der Waals surface area contributed by atoms with Crippen LogP contribution >= 0.6 is 11.3 Å². The Labute approximate surface area is 240 Å². The number of hydrogen-bond donors (Lipinski definition) is 3. The van der Waals surface area contributed by atoms with Crippen LogP contribution in [-0.2, 0) is 14.3 Å². The van der Waals surface area contributed by atoms with E-state index in [1.54, 1.807) is 4.90 Å². The fraction of sp³-hybridized carbons (Fsp3) is 0.586. The summed E-state index contributed by atoms with van der Waals surface area (Å²) in [6.45, 7) is 2.13. The van der Waals surface area contributed by atoms with E-state index in [1.165, 1.54) is 12.1 Å². The molecule has 4 N–H and O–H groups in total. The molecule has 3 saturated carbocycles. The largest absolute Gasteiger partial charge is 0.477 e. The smallest absolute Gasteiger partial charge is 0.405 e. The molecule has 2 amide bonds. The predicted molar refractivity (Wildman–Crippen MR) is 148 cm³/mol. The second kappa shape index (κ2) is 12.3. The molecular weight excluding hydrogens is 559 g/mol. The van der Waals surface area contributed by atoms with E-state index in [2.05, 4.69) is 18.8 Å². The van der Waals surface area contributed by atoms with Gasteiger partial charge in [-0.25, -0.2) is 4.79 Å². The monoisotopic (exact) mass is 593 g/mol. The van der Waals surface area contributed by atoms with E-state index in [-0.39, 0.29) is 58.2 Å². The number of nitrogens with one attached hydrogen (secondary N) is 1. The lowest BCUT2D eigenvalue weighted by molar-refractivity contribution is -0.168. The number of ether oxygens (including phenoxy) is 1. The summed E-state index contributed by atoms with van der Waals surface area (Å²) < 4.78 is 45.9. The van der Waals surface area contributed by atoms with E-state index in [1.807, 2.05) is 0 Å². The summed E-state index contributed by atoms with van der Waals surface area (Å²) >= 11 is 0.788. The van der Waals surface area contributed by atoms with Crippen LogP contribution in [0.2, 0.25) is 0 Å². The molecule has 0 radical (unpaired) electrons. The maximum Gasteiger partial charge on any atom is 0.405 e. The predicted octanol–water partition coefficient (Wildman–Crippen LogP) is 5.65. The van der Waals surface area contributed by atoms with Crippen LogP contribution in [0.1, 0.15) is 85.7 Å². The topological polar surface area (TPSA) is 134 Å². The highest BCUT2D eigenvalue weighted by molar-refractivity contribution is 7.15. The number of rotatable bonds is 7. The average Bonchev–Trinajstić information content (AvgIpc) is 3.61. The average molecular weight is 594 g/mol. The molecule has 3 aliphatic carbocycles. The van der Waals surface area contributed by atoms with Gasteiger partial charge in [0.25, 0.3) is 0 Å². The fourth-order valence-corrected chi connectivity index (χ4v) is 6.40. The van der Waals surface area contributed by atoms with Crippen molar-refractivity contribution >= 4 is 40.7 Å². The zero-order valence-corrected chi connectivity index (χ0v) is 23.6. The van der Waals surface area contributed by atoms with Gasteiger partial charge in [-0.1, -0.05) is 18.8 Å². The fourth-order valence-electron chi connectivity index (χ4n) is 5.56. The molecule has 4 rings (SSSR count). The summed E-state index contributed by atoms with van der Waals surface area (Å²) in [5, 5.41) is 17.9. The molecular formula is C29H34F3N3O5S. The molecule has 1 heterocycles. The number of hydrogen-bond acceptors (Lipinski definition) is 6. The Bertz CT molecular complexity index is 1270. The SMILES string of the molecule is CC1CCC(C(=O)N(c2cc(C#CC3(C(F)(F)F)CC3)sc2C(=O)O)C2CCC(OC(=N)/C=C\C(N)=O)CC2)CC1. The molecule has 0 saturated heterocycles. The first kappa shape index (κ1) is 30.6. The highest BCUT2D eigenvalue weighted by Crippen LogP contribution is 2.57. The van der Waals surface area contributed by atoms with E-state index < -0.39 is 23.5 Å². The number of halogens is 3. The summed E-state index contributed by atoms with van der Waals surface area (Å²) in [6.07, 6.45) is 2.30. The number of nitrogens with two attached hydrogens (primary N) is 1.